The van der Waals surface area contributed by atoms with E-state index < -0.39 is 5.54 Å². The van der Waals surface area contributed by atoms with Crippen LogP contribution in [0.4, 0.5) is 4.79 Å². The Bertz CT molecular complexity index is 1410. The summed E-state index contributed by atoms with van der Waals surface area (Å²) in [5, 5.41) is 4.12. The number of fused-ring (bicyclic) bond motifs is 1. The fourth-order valence-electron chi connectivity index (χ4n) is 5.72. The Labute approximate surface area is 216 Å². The number of aromatic amines is 1. The van der Waals surface area contributed by atoms with Crippen molar-refractivity contribution in [3.63, 3.8) is 0 Å². The molecular formula is C30H32N4O3. The smallest absolute Gasteiger partial charge is 0.323 e. The second-order valence-corrected chi connectivity index (χ2v) is 9.97. The van der Waals surface area contributed by atoms with Crippen LogP contribution in [-0.2, 0) is 17.8 Å². The Morgan fingerprint density at radius 3 is 2.49 bits per heavy atom. The summed E-state index contributed by atoms with van der Waals surface area (Å²) in [4.78, 5) is 45.8. The molecule has 0 aliphatic carbocycles. The van der Waals surface area contributed by atoms with Crippen LogP contribution in [-0.4, -0.2) is 51.9 Å². The van der Waals surface area contributed by atoms with Gasteiger partial charge in [-0.15, -0.1) is 5.92 Å². The third-order valence-electron chi connectivity index (χ3n) is 7.78. The number of amides is 3. The maximum atomic E-state index is 13.7. The van der Waals surface area contributed by atoms with Gasteiger partial charge in [0.2, 0.25) is 0 Å². The minimum Gasteiger partial charge on any atom is -0.323 e. The van der Waals surface area contributed by atoms with E-state index in [1.807, 2.05) is 48.5 Å². The van der Waals surface area contributed by atoms with Crippen molar-refractivity contribution in [3.05, 3.63) is 82.1 Å². The third-order valence-corrected chi connectivity index (χ3v) is 7.78. The number of carbonyl (C=O) groups is 2. The predicted molar refractivity (Wildman–Crippen MR) is 144 cm³/mol. The first kappa shape index (κ1) is 24.8. The largest absolute Gasteiger partial charge is 0.325 e. The molecule has 37 heavy (non-hydrogen) atoms. The molecular weight excluding hydrogens is 464 g/mol. The molecule has 1 unspecified atom stereocenters. The number of rotatable bonds is 7. The number of piperidine rings is 1. The maximum absolute atomic E-state index is 13.7. The van der Waals surface area contributed by atoms with E-state index in [0.29, 0.717) is 19.4 Å². The molecule has 3 amide bonds. The van der Waals surface area contributed by atoms with Crippen LogP contribution in [0.25, 0.3) is 10.9 Å². The summed E-state index contributed by atoms with van der Waals surface area (Å²) in [7, 11) is 0. The van der Waals surface area contributed by atoms with E-state index in [1.165, 1.54) is 4.90 Å². The first-order chi connectivity index (χ1) is 18.0. The number of H-pyrrole nitrogens is 1. The Hall–Kier alpha value is -3.89. The van der Waals surface area contributed by atoms with Gasteiger partial charge >= 0.3 is 6.03 Å². The Morgan fingerprint density at radius 2 is 1.73 bits per heavy atom. The summed E-state index contributed by atoms with van der Waals surface area (Å²) < 4.78 is 0. The van der Waals surface area contributed by atoms with E-state index in [1.54, 1.807) is 6.92 Å². The average Bonchev–Trinajstić information content (AvgIpc) is 3.17. The highest BCUT2D eigenvalue weighted by molar-refractivity contribution is 6.07. The van der Waals surface area contributed by atoms with Crippen LogP contribution in [0.3, 0.4) is 0 Å². The summed E-state index contributed by atoms with van der Waals surface area (Å²) in [6.07, 6.45) is 2.78. The van der Waals surface area contributed by atoms with E-state index in [4.69, 9.17) is 0 Å². The number of benzene rings is 2. The van der Waals surface area contributed by atoms with E-state index >= 15 is 0 Å². The Kier molecular flexibility index (Phi) is 7.11. The van der Waals surface area contributed by atoms with Crippen molar-refractivity contribution in [1.82, 2.24) is 20.1 Å². The summed E-state index contributed by atoms with van der Waals surface area (Å²) in [6.45, 7) is 3.88. The van der Waals surface area contributed by atoms with Gasteiger partial charge in [0.05, 0.1) is 6.54 Å². The van der Waals surface area contributed by atoms with Crippen LogP contribution in [0.5, 0.6) is 0 Å². The molecule has 7 nitrogen and oxygen atoms in total. The van der Waals surface area contributed by atoms with Gasteiger partial charge in [0, 0.05) is 17.6 Å². The SMILES string of the molecule is CC#CCN1C(=O)NC(CCc2ccccc2)(C2CCN(Cc3cc4ccccc4[nH]c3=O)CC2)C1=O. The monoisotopic (exact) mass is 496 g/mol. The van der Waals surface area contributed by atoms with Crippen molar-refractivity contribution in [1.29, 1.82) is 0 Å². The molecule has 0 bridgehead atoms. The lowest BCUT2D eigenvalue weighted by Gasteiger charge is -2.41. The number of hydrogen-bond acceptors (Lipinski definition) is 4. The Balaban J connectivity index is 1.32. The van der Waals surface area contributed by atoms with Crippen LogP contribution in [0, 0.1) is 17.8 Å². The van der Waals surface area contributed by atoms with Gasteiger partial charge in [-0.25, -0.2) is 4.79 Å². The highest BCUT2D eigenvalue weighted by atomic mass is 16.2. The Morgan fingerprint density at radius 1 is 1.00 bits per heavy atom. The molecule has 2 aromatic carbocycles. The number of carbonyl (C=O) groups excluding carboxylic acids is 2. The topological polar surface area (TPSA) is 85.5 Å². The molecule has 0 spiro atoms. The molecule has 0 saturated carbocycles. The number of aryl methyl sites for hydroxylation is 1. The lowest BCUT2D eigenvalue weighted by molar-refractivity contribution is -0.134. The van der Waals surface area contributed by atoms with Gasteiger partial charge < -0.3 is 10.3 Å². The van der Waals surface area contributed by atoms with E-state index in [0.717, 1.165) is 48.0 Å². The number of para-hydroxylation sites is 1. The van der Waals surface area contributed by atoms with Crippen molar-refractivity contribution in [3.8, 4) is 11.8 Å². The number of hydrogen-bond donors (Lipinski definition) is 2. The fraction of sp³-hybridized carbons (Fsp3) is 0.367. The van der Waals surface area contributed by atoms with Crippen molar-refractivity contribution in [2.45, 2.75) is 44.7 Å². The van der Waals surface area contributed by atoms with Crippen molar-refractivity contribution in [2.24, 2.45) is 5.92 Å². The molecule has 2 aliphatic heterocycles. The van der Waals surface area contributed by atoms with Crippen molar-refractivity contribution >= 4 is 22.8 Å². The molecule has 1 aromatic heterocycles. The number of imide groups is 1. The summed E-state index contributed by atoms with van der Waals surface area (Å²) in [5.74, 6) is 5.50. The normalized spacial score (nSPS) is 20.6. The maximum Gasteiger partial charge on any atom is 0.325 e. The molecule has 5 rings (SSSR count). The molecule has 2 N–H and O–H groups in total. The molecule has 2 fully saturated rings. The first-order valence-corrected chi connectivity index (χ1v) is 12.9. The van der Waals surface area contributed by atoms with Gasteiger partial charge in [-0.05, 0) is 74.7 Å². The molecule has 190 valence electrons. The first-order valence-electron chi connectivity index (χ1n) is 12.9. The molecule has 2 saturated heterocycles. The van der Waals surface area contributed by atoms with Crippen LogP contribution < -0.4 is 10.9 Å². The van der Waals surface area contributed by atoms with Gasteiger partial charge in [0.1, 0.15) is 5.54 Å². The van der Waals surface area contributed by atoms with E-state index in [9.17, 15) is 14.4 Å². The summed E-state index contributed by atoms with van der Waals surface area (Å²) in [5.41, 5.74) is 1.72. The van der Waals surface area contributed by atoms with Gasteiger partial charge in [-0.1, -0.05) is 54.5 Å². The molecule has 3 aromatic rings. The van der Waals surface area contributed by atoms with Crippen molar-refractivity contribution < 1.29 is 9.59 Å². The molecule has 1 atom stereocenters. The molecule has 3 heterocycles. The lowest BCUT2D eigenvalue weighted by Crippen LogP contribution is -2.56. The number of aromatic nitrogens is 1. The van der Waals surface area contributed by atoms with Crippen LogP contribution in [0.15, 0.2) is 65.5 Å². The third kappa shape index (κ3) is 5.03. The van der Waals surface area contributed by atoms with Crippen molar-refractivity contribution in [2.75, 3.05) is 19.6 Å². The second kappa shape index (κ2) is 10.6. The molecule has 7 heteroatoms. The summed E-state index contributed by atoms with van der Waals surface area (Å²) in [6, 6.07) is 19.5. The van der Waals surface area contributed by atoms with Gasteiger partial charge in [-0.2, -0.15) is 0 Å². The lowest BCUT2D eigenvalue weighted by atomic mass is 9.74. The highest BCUT2D eigenvalue weighted by Gasteiger charge is 2.55. The zero-order chi connectivity index (χ0) is 25.8. The van der Waals surface area contributed by atoms with Gasteiger partial charge in [-0.3, -0.25) is 19.4 Å². The molecule has 2 aliphatic rings. The van der Waals surface area contributed by atoms with Gasteiger partial charge in [0.25, 0.3) is 11.5 Å². The minimum absolute atomic E-state index is 0.0124. The average molecular weight is 497 g/mol. The second-order valence-electron chi connectivity index (χ2n) is 9.97. The number of likely N-dealkylation sites (tertiary alicyclic amines) is 1. The minimum atomic E-state index is -0.936. The summed E-state index contributed by atoms with van der Waals surface area (Å²) >= 11 is 0. The molecule has 0 radical (unpaired) electrons. The van der Waals surface area contributed by atoms with Gasteiger partial charge in [0.15, 0.2) is 0 Å². The highest BCUT2D eigenvalue weighted by Crippen LogP contribution is 2.37. The zero-order valence-corrected chi connectivity index (χ0v) is 21.1. The number of pyridine rings is 1. The zero-order valence-electron chi connectivity index (χ0n) is 21.1. The number of nitrogens with zero attached hydrogens (tertiary/aromatic N) is 2. The number of urea groups is 1. The van der Waals surface area contributed by atoms with E-state index in [2.05, 4.69) is 39.2 Å². The number of nitrogens with one attached hydrogen (secondary N) is 2. The van der Waals surface area contributed by atoms with Crippen LogP contribution >= 0.6 is 0 Å². The standard InChI is InChI=1S/C30H32N4O3/c1-2-3-17-34-28(36)30(32-29(34)37,16-13-22-9-5-4-6-10-22)25-14-18-33(19-15-25)21-24-20-23-11-7-8-12-26(23)31-27(24)35/h4-12,20,25H,13-19,21H2,1H3,(H,31,35)(H,32,37). The van der Waals surface area contributed by atoms with E-state index in [-0.39, 0.29) is 30.0 Å². The van der Waals surface area contributed by atoms with Crippen LogP contribution in [0.1, 0.15) is 37.3 Å². The van der Waals surface area contributed by atoms with Crippen LogP contribution in [0.2, 0.25) is 0 Å². The quantitative estimate of drug-likeness (QED) is 0.386. The predicted octanol–water partition coefficient (Wildman–Crippen LogP) is 3.69. The fourth-order valence-corrected chi connectivity index (χ4v) is 5.72.